The average Bonchev–Trinajstić information content (AvgIpc) is 2.59. The molecular weight excluding hydrogens is 272 g/mol. The summed E-state index contributed by atoms with van der Waals surface area (Å²) >= 11 is 0. The molecule has 0 saturated carbocycles. The van der Waals surface area contributed by atoms with Crippen molar-refractivity contribution in [2.24, 2.45) is 0 Å². The van der Waals surface area contributed by atoms with Gasteiger partial charge in [-0.05, 0) is 49.2 Å². The molecule has 1 spiro atoms. The summed E-state index contributed by atoms with van der Waals surface area (Å²) in [5, 5.41) is 2.33. The van der Waals surface area contributed by atoms with E-state index in [1.165, 1.54) is 18.2 Å². The number of likely N-dealkylation sites (N-methyl/N-ethyl adjacent to an activating group) is 1. The molecule has 1 unspecified atom stereocenters. The second-order valence-corrected chi connectivity index (χ2v) is 6.79. The van der Waals surface area contributed by atoms with E-state index in [0.29, 0.717) is 0 Å². The van der Waals surface area contributed by atoms with Crippen molar-refractivity contribution in [3.63, 3.8) is 0 Å². The average molecular weight is 294 g/mol. The van der Waals surface area contributed by atoms with Crippen LogP contribution in [0.4, 0.5) is 0 Å². The second-order valence-electron chi connectivity index (χ2n) is 6.79. The molecule has 22 heavy (non-hydrogen) atoms. The van der Waals surface area contributed by atoms with Crippen LogP contribution in [0, 0.1) is 0 Å². The van der Waals surface area contributed by atoms with Gasteiger partial charge in [0.05, 0.1) is 0 Å². The van der Waals surface area contributed by atoms with Crippen LogP contribution in [-0.4, -0.2) is 47.9 Å². The molecule has 0 radical (unpaired) electrons. The van der Waals surface area contributed by atoms with Crippen LogP contribution in [0.1, 0.15) is 29.6 Å². The molecule has 2 fully saturated rings. The Hall–Kier alpha value is -1.87. The van der Waals surface area contributed by atoms with Crippen LogP contribution in [0.3, 0.4) is 0 Å². The van der Waals surface area contributed by atoms with Crippen LogP contribution in [0.15, 0.2) is 42.5 Å². The second kappa shape index (κ2) is 5.10. The number of hydrogen-bond acceptors (Lipinski definition) is 2. The van der Waals surface area contributed by atoms with Gasteiger partial charge in [0, 0.05) is 30.7 Å². The zero-order chi connectivity index (χ0) is 15.2. The Bertz CT molecular complexity index is 726. The van der Waals surface area contributed by atoms with E-state index in [1.54, 1.807) is 0 Å². The molecular formula is C19H22N2O. The summed E-state index contributed by atoms with van der Waals surface area (Å²) in [6.45, 7) is 2.94. The third-order valence-corrected chi connectivity index (χ3v) is 5.56. The van der Waals surface area contributed by atoms with Crippen molar-refractivity contribution in [2.75, 3.05) is 26.7 Å². The van der Waals surface area contributed by atoms with Crippen molar-refractivity contribution in [3.05, 3.63) is 48.0 Å². The number of piperidine rings is 1. The van der Waals surface area contributed by atoms with Crippen LogP contribution in [-0.2, 0) is 0 Å². The monoisotopic (exact) mass is 294 g/mol. The third-order valence-electron chi connectivity index (χ3n) is 5.56. The lowest BCUT2D eigenvalue weighted by atomic mass is 9.78. The number of carbonyl (C=O) groups is 1. The number of amides is 1. The first-order chi connectivity index (χ1) is 10.7. The summed E-state index contributed by atoms with van der Waals surface area (Å²) in [4.78, 5) is 17.4. The van der Waals surface area contributed by atoms with Gasteiger partial charge in [-0.3, -0.25) is 9.69 Å². The highest BCUT2D eigenvalue weighted by atomic mass is 16.2. The topological polar surface area (TPSA) is 23.6 Å². The molecule has 2 aromatic rings. The molecule has 2 aliphatic heterocycles. The van der Waals surface area contributed by atoms with Gasteiger partial charge < -0.3 is 4.90 Å². The molecule has 2 saturated heterocycles. The minimum atomic E-state index is 0.185. The molecule has 0 bridgehead atoms. The van der Waals surface area contributed by atoms with Gasteiger partial charge in [-0.15, -0.1) is 0 Å². The van der Waals surface area contributed by atoms with E-state index in [-0.39, 0.29) is 11.4 Å². The molecule has 2 heterocycles. The molecule has 3 nitrogen and oxygen atoms in total. The molecule has 0 N–H and O–H groups in total. The van der Waals surface area contributed by atoms with Crippen molar-refractivity contribution in [2.45, 2.75) is 24.8 Å². The van der Waals surface area contributed by atoms with Crippen molar-refractivity contribution in [1.29, 1.82) is 0 Å². The molecule has 1 atom stereocenters. The van der Waals surface area contributed by atoms with Gasteiger partial charge >= 0.3 is 0 Å². The van der Waals surface area contributed by atoms with E-state index in [2.05, 4.69) is 35.0 Å². The lowest BCUT2D eigenvalue weighted by Gasteiger charge is -2.55. The fourth-order valence-corrected chi connectivity index (χ4v) is 3.96. The SMILES string of the molecule is CN1CCC12CCCN(C(=O)c1ccc3ccccc3c1)C2. The molecule has 0 aliphatic carbocycles. The van der Waals surface area contributed by atoms with E-state index in [4.69, 9.17) is 0 Å². The number of nitrogens with zero attached hydrogens (tertiary/aromatic N) is 2. The number of carbonyl (C=O) groups excluding carboxylic acids is 1. The Labute approximate surface area is 131 Å². The molecule has 2 aliphatic rings. The van der Waals surface area contributed by atoms with Gasteiger partial charge in [0.2, 0.25) is 0 Å². The van der Waals surface area contributed by atoms with Gasteiger partial charge in [0.1, 0.15) is 0 Å². The Kier molecular flexibility index (Phi) is 3.19. The summed E-state index contributed by atoms with van der Waals surface area (Å²) < 4.78 is 0. The van der Waals surface area contributed by atoms with Crippen LogP contribution in [0.2, 0.25) is 0 Å². The minimum Gasteiger partial charge on any atom is -0.337 e. The van der Waals surface area contributed by atoms with Gasteiger partial charge in [-0.2, -0.15) is 0 Å². The molecule has 0 aromatic heterocycles. The summed E-state index contributed by atoms with van der Waals surface area (Å²) in [5.74, 6) is 0.185. The maximum absolute atomic E-state index is 12.9. The van der Waals surface area contributed by atoms with E-state index in [1.807, 2.05) is 24.3 Å². The maximum atomic E-state index is 12.9. The van der Waals surface area contributed by atoms with Crippen LogP contribution >= 0.6 is 0 Å². The number of hydrogen-bond donors (Lipinski definition) is 0. The zero-order valence-corrected chi connectivity index (χ0v) is 13.1. The van der Waals surface area contributed by atoms with Crippen molar-refractivity contribution in [1.82, 2.24) is 9.80 Å². The summed E-state index contributed by atoms with van der Waals surface area (Å²) in [6, 6.07) is 14.3. The Morgan fingerprint density at radius 1 is 1.05 bits per heavy atom. The quantitative estimate of drug-likeness (QED) is 0.806. The normalized spacial score (nSPS) is 25.4. The van der Waals surface area contributed by atoms with E-state index in [9.17, 15) is 4.79 Å². The van der Waals surface area contributed by atoms with Gasteiger partial charge in [0.25, 0.3) is 5.91 Å². The predicted octanol–water partition coefficient (Wildman–Crippen LogP) is 3.15. The predicted molar refractivity (Wildman–Crippen MR) is 89.1 cm³/mol. The Morgan fingerprint density at radius 3 is 2.59 bits per heavy atom. The Morgan fingerprint density at radius 2 is 1.86 bits per heavy atom. The first-order valence-corrected chi connectivity index (χ1v) is 8.17. The maximum Gasteiger partial charge on any atom is 0.253 e. The van der Waals surface area contributed by atoms with Crippen molar-refractivity contribution in [3.8, 4) is 0 Å². The standard InChI is InChI=1S/C19H22N2O/c1-20-12-10-19(20)9-4-11-21(14-19)18(22)17-8-7-15-5-2-3-6-16(15)13-17/h2-3,5-8,13H,4,9-12,14H2,1H3. The molecule has 3 heteroatoms. The first kappa shape index (κ1) is 13.8. The fourth-order valence-electron chi connectivity index (χ4n) is 3.96. The highest BCUT2D eigenvalue weighted by molar-refractivity contribution is 5.98. The van der Waals surface area contributed by atoms with Gasteiger partial charge in [-0.1, -0.05) is 30.3 Å². The lowest BCUT2D eigenvalue weighted by molar-refractivity contribution is -0.0408. The zero-order valence-electron chi connectivity index (χ0n) is 13.1. The van der Waals surface area contributed by atoms with E-state index >= 15 is 0 Å². The van der Waals surface area contributed by atoms with Crippen LogP contribution < -0.4 is 0 Å². The highest BCUT2D eigenvalue weighted by Crippen LogP contribution is 2.37. The first-order valence-electron chi connectivity index (χ1n) is 8.17. The number of likely N-dealkylation sites (tertiary alicyclic amines) is 2. The summed E-state index contributed by atoms with van der Waals surface area (Å²) in [6.07, 6.45) is 3.57. The summed E-state index contributed by atoms with van der Waals surface area (Å²) in [5.41, 5.74) is 1.07. The number of benzene rings is 2. The van der Waals surface area contributed by atoms with Gasteiger partial charge in [0.15, 0.2) is 0 Å². The van der Waals surface area contributed by atoms with Gasteiger partial charge in [-0.25, -0.2) is 0 Å². The number of rotatable bonds is 1. The Balaban J connectivity index is 1.59. The smallest absolute Gasteiger partial charge is 0.253 e. The molecule has 1 amide bonds. The lowest BCUT2D eigenvalue weighted by Crippen LogP contribution is -2.66. The largest absolute Gasteiger partial charge is 0.337 e. The molecule has 2 aromatic carbocycles. The minimum absolute atomic E-state index is 0.185. The van der Waals surface area contributed by atoms with E-state index < -0.39 is 0 Å². The van der Waals surface area contributed by atoms with Crippen LogP contribution in [0.5, 0.6) is 0 Å². The van der Waals surface area contributed by atoms with Crippen LogP contribution in [0.25, 0.3) is 10.8 Å². The fraction of sp³-hybridized carbons (Fsp3) is 0.421. The third kappa shape index (κ3) is 2.12. The molecule has 114 valence electrons. The molecule has 4 rings (SSSR count). The van der Waals surface area contributed by atoms with Crippen molar-refractivity contribution >= 4 is 16.7 Å². The summed E-state index contributed by atoms with van der Waals surface area (Å²) in [7, 11) is 2.19. The highest BCUT2D eigenvalue weighted by Gasteiger charge is 2.45. The van der Waals surface area contributed by atoms with E-state index in [0.717, 1.165) is 37.0 Å². The van der Waals surface area contributed by atoms with Crippen molar-refractivity contribution < 1.29 is 4.79 Å². The number of fused-ring (bicyclic) bond motifs is 1.